The third-order valence-electron chi connectivity index (χ3n) is 4.12. The number of likely N-dealkylation sites (tertiary alicyclic amines) is 1. The summed E-state index contributed by atoms with van der Waals surface area (Å²) in [7, 11) is 3.90. The summed E-state index contributed by atoms with van der Waals surface area (Å²) in [5, 5.41) is 10.4. The maximum absolute atomic E-state index is 12.4. The van der Waals surface area contributed by atoms with Crippen LogP contribution < -0.4 is 4.90 Å². The van der Waals surface area contributed by atoms with Gasteiger partial charge in [-0.1, -0.05) is 0 Å². The number of amides is 1. The van der Waals surface area contributed by atoms with Gasteiger partial charge >= 0.3 is 0 Å². The van der Waals surface area contributed by atoms with Crippen molar-refractivity contribution in [3.8, 4) is 0 Å². The first kappa shape index (κ1) is 15.9. The van der Waals surface area contributed by atoms with Gasteiger partial charge in [0.15, 0.2) is 5.82 Å². The zero-order valence-electron chi connectivity index (χ0n) is 13.5. The summed E-state index contributed by atoms with van der Waals surface area (Å²) in [4.78, 5) is 20.4. The number of nitrogens with zero attached hydrogens (tertiary/aromatic N) is 5. The molecule has 1 saturated heterocycles. The normalized spacial score (nSPS) is 18.0. The molecule has 1 atom stereocenters. The average molecular weight is 331 g/mol. The lowest BCUT2D eigenvalue weighted by Crippen LogP contribution is -2.40. The highest BCUT2D eigenvalue weighted by Gasteiger charge is 2.25. The summed E-state index contributed by atoms with van der Waals surface area (Å²) < 4.78 is 0. The van der Waals surface area contributed by atoms with E-state index < -0.39 is 0 Å². The molecule has 1 aliphatic rings. The van der Waals surface area contributed by atoms with E-state index in [2.05, 4.69) is 15.2 Å². The van der Waals surface area contributed by atoms with Crippen LogP contribution in [0.1, 0.15) is 29.0 Å². The molecule has 2 aromatic heterocycles. The van der Waals surface area contributed by atoms with E-state index >= 15 is 0 Å². The van der Waals surface area contributed by atoms with E-state index in [-0.39, 0.29) is 5.91 Å². The fourth-order valence-corrected chi connectivity index (χ4v) is 3.42. The second-order valence-electron chi connectivity index (χ2n) is 6.11. The molecule has 0 N–H and O–H groups in total. The van der Waals surface area contributed by atoms with Gasteiger partial charge in [-0.05, 0) is 37.3 Å². The van der Waals surface area contributed by atoms with Crippen LogP contribution in [0.25, 0.3) is 0 Å². The zero-order chi connectivity index (χ0) is 16.2. The Bertz CT molecular complexity index is 641. The summed E-state index contributed by atoms with van der Waals surface area (Å²) in [6.45, 7) is 1.59. The molecule has 0 aromatic carbocycles. The van der Waals surface area contributed by atoms with Gasteiger partial charge in [-0.3, -0.25) is 4.79 Å². The number of aromatic nitrogens is 3. The molecule has 1 aliphatic heterocycles. The molecule has 1 unspecified atom stereocenters. The Hall–Kier alpha value is -2.02. The smallest absolute Gasteiger partial charge is 0.273 e. The Balaban J connectivity index is 1.61. The Kier molecular flexibility index (Phi) is 4.85. The highest BCUT2D eigenvalue weighted by molar-refractivity contribution is 7.07. The molecule has 2 aromatic rings. The van der Waals surface area contributed by atoms with Crippen molar-refractivity contribution in [2.24, 2.45) is 5.92 Å². The van der Waals surface area contributed by atoms with Gasteiger partial charge in [0.1, 0.15) is 5.69 Å². The van der Waals surface area contributed by atoms with Gasteiger partial charge in [-0.2, -0.15) is 5.10 Å². The van der Waals surface area contributed by atoms with E-state index in [9.17, 15) is 4.79 Å². The molecule has 23 heavy (non-hydrogen) atoms. The van der Waals surface area contributed by atoms with Gasteiger partial charge in [0, 0.05) is 32.6 Å². The first-order chi connectivity index (χ1) is 11.1. The maximum atomic E-state index is 12.4. The van der Waals surface area contributed by atoms with Gasteiger partial charge in [0.25, 0.3) is 5.91 Å². The fraction of sp³-hybridized carbons (Fsp3) is 0.500. The van der Waals surface area contributed by atoms with Crippen LogP contribution in [0.5, 0.6) is 0 Å². The van der Waals surface area contributed by atoms with Crippen LogP contribution in [0.3, 0.4) is 0 Å². The topological polar surface area (TPSA) is 62.2 Å². The minimum Gasteiger partial charge on any atom is -0.361 e. The van der Waals surface area contributed by atoms with Crippen LogP contribution in [-0.4, -0.2) is 53.2 Å². The number of hydrogen-bond donors (Lipinski definition) is 0. The summed E-state index contributed by atoms with van der Waals surface area (Å²) >= 11 is 1.46. The van der Waals surface area contributed by atoms with Crippen molar-refractivity contribution in [2.45, 2.75) is 19.3 Å². The molecule has 3 heterocycles. The molecule has 7 heteroatoms. The number of hydrogen-bond acceptors (Lipinski definition) is 6. The second kappa shape index (κ2) is 7.04. The van der Waals surface area contributed by atoms with Crippen molar-refractivity contribution < 1.29 is 4.79 Å². The Morgan fingerprint density at radius 3 is 2.91 bits per heavy atom. The molecule has 0 saturated carbocycles. The number of thiazole rings is 1. The van der Waals surface area contributed by atoms with Crippen LogP contribution in [-0.2, 0) is 6.42 Å². The van der Waals surface area contributed by atoms with E-state index in [0.29, 0.717) is 11.6 Å². The third-order valence-corrected chi connectivity index (χ3v) is 4.71. The maximum Gasteiger partial charge on any atom is 0.273 e. The van der Waals surface area contributed by atoms with Crippen LogP contribution in [0.15, 0.2) is 23.0 Å². The quantitative estimate of drug-likeness (QED) is 0.858. The first-order valence-electron chi connectivity index (χ1n) is 7.81. The van der Waals surface area contributed by atoms with Crippen molar-refractivity contribution in [1.82, 2.24) is 20.1 Å². The number of anilines is 1. The number of carbonyl (C=O) groups excluding carboxylic acids is 1. The Morgan fingerprint density at radius 2 is 2.26 bits per heavy atom. The lowest BCUT2D eigenvalue weighted by atomic mass is 9.93. The fourth-order valence-electron chi connectivity index (χ4n) is 2.89. The van der Waals surface area contributed by atoms with Gasteiger partial charge in [0.05, 0.1) is 11.2 Å². The van der Waals surface area contributed by atoms with E-state index in [0.717, 1.165) is 43.9 Å². The minimum absolute atomic E-state index is 0.0463. The van der Waals surface area contributed by atoms with E-state index in [4.69, 9.17) is 0 Å². The lowest BCUT2D eigenvalue weighted by Gasteiger charge is -2.32. The second-order valence-corrected chi connectivity index (χ2v) is 6.83. The van der Waals surface area contributed by atoms with E-state index in [1.165, 1.54) is 11.3 Å². The Morgan fingerprint density at radius 1 is 1.39 bits per heavy atom. The molecule has 0 radical (unpaired) electrons. The molecule has 1 amide bonds. The van der Waals surface area contributed by atoms with Crippen LogP contribution in [0.4, 0.5) is 5.82 Å². The average Bonchev–Trinajstić information content (AvgIpc) is 3.09. The van der Waals surface area contributed by atoms with Crippen LogP contribution in [0.2, 0.25) is 0 Å². The van der Waals surface area contributed by atoms with E-state index in [1.807, 2.05) is 41.4 Å². The molecular weight excluding hydrogens is 310 g/mol. The predicted octanol–water partition coefficient (Wildman–Crippen LogP) is 2.09. The standard InChI is InChI=1S/C16H21N5OS/c1-20(2)15-6-5-13(18-19-15)8-12-4-3-7-21(9-12)16(22)14-10-23-11-17-14/h5-6,10-12H,3-4,7-9H2,1-2H3. The largest absolute Gasteiger partial charge is 0.361 e. The number of piperidine rings is 1. The minimum atomic E-state index is 0.0463. The summed E-state index contributed by atoms with van der Waals surface area (Å²) in [6, 6.07) is 4.02. The van der Waals surface area contributed by atoms with Crippen molar-refractivity contribution in [1.29, 1.82) is 0 Å². The molecule has 1 fully saturated rings. The highest BCUT2D eigenvalue weighted by Crippen LogP contribution is 2.22. The molecule has 0 aliphatic carbocycles. The van der Waals surface area contributed by atoms with Crippen LogP contribution >= 0.6 is 11.3 Å². The lowest BCUT2D eigenvalue weighted by molar-refractivity contribution is 0.0667. The molecule has 122 valence electrons. The van der Waals surface area contributed by atoms with Crippen molar-refractivity contribution in [3.63, 3.8) is 0 Å². The first-order valence-corrected chi connectivity index (χ1v) is 8.75. The predicted molar refractivity (Wildman–Crippen MR) is 90.8 cm³/mol. The van der Waals surface area contributed by atoms with Crippen molar-refractivity contribution in [2.75, 3.05) is 32.1 Å². The SMILES string of the molecule is CN(C)c1ccc(CC2CCCN(C(=O)c3cscn3)C2)nn1. The van der Waals surface area contributed by atoms with Crippen molar-refractivity contribution >= 4 is 23.1 Å². The third kappa shape index (κ3) is 3.85. The molecule has 0 spiro atoms. The molecule has 3 rings (SSSR count). The molecule has 6 nitrogen and oxygen atoms in total. The molecule has 0 bridgehead atoms. The summed E-state index contributed by atoms with van der Waals surface area (Å²) in [5.41, 5.74) is 3.26. The van der Waals surface area contributed by atoms with Crippen LogP contribution in [0, 0.1) is 5.92 Å². The highest BCUT2D eigenvalue weighted by atomic mass is 32.1. The van der Waals surface area contributed by atoms with E-state index in [1.54, 1.807) is 5.51 Å². The monoisotopic (exact) mass is 331 g/mol. The van der Waals surface area contributed by atoms with Gasteiger partial charge in [-0.15, -0.1) is 16.4 Å². The number of rotatable bonds is 4. The van der Waals surface area contributed by atoms with Gasteiger partial charge in [0.2, 0.25) is 0 Å². The van der Waals surface area contributed by atoms with Gasteiger partial charge in [-0.25, -0.2) is 4.98 Å². The van der Waals surface area contributed by atoms with Crippen molar-refractivity contribution in [3.05, 3.63) is 34.4 Å². The Labute approximate surface area is 140 Å². The molecular formula is C16H21N5OS. The van der Waals surface area contributed by atoms with Gasteiger partial charge < -0.3 is 9.80 Å². The summed E-state index contributed by atoms with van der Waals surface area (Å²) in [6.07, 6.45) is 3.02. The summed E-state index contributed by atoms with van der Waals surface area (Å²) in [5.74, 6) is 1.34. The zero-order valence-corrected chi connectivity index (χ0v) is 14.3. The number of carbonyl (C=O) groups is 1.